The van der Waals surface area contributed by atoms with Gasteiger partial charge in [-0.15, -0.1) is 0 Å². The summed E-state index contributed by atoms with van der Waals surface area (Å²) in [7, 11) is 1.76. The monoisotopic (exact) mass is 868 g/mol. The van der Waals surface area contributed by atoms with Gasteiger partial charge in [0.15, 0.2) is 0 Å². The molecule has 0 aromatic heterocycles. The molecule has 0 atom stereocenters. The topological polar surface area (TPSA) is 9.23 Å². The summed E-state index contributed by atoms with van der Waals surface area (Å²) in [4.78, 5) is 0. The van der Waals surface area contributed by atoms with Gasteiger partial charge in [0.25, 0.3) is 0 Å². The molecule has 11 rings (SSSR count). The van der Waals surface area contributed by atoms with Crippen LogP contribution in [0.15, 0.2) is 273 Å². The lowest BCUT2D eigenvalue weighted by Gasteiger charge is -2.16. The van der Waals surface area contributed by atoms with E-state index in [0.29, 0.717) is 0 Å². The van der Waals surface area contributed by atoms with Gasteiger partial charge in [-0.05, 0) is 190 Å². The molecular weight excluding hydrogens is 821 g/mol. The van der Waals surface area contributed by atoms with Crippen LogP contribution in [0.4, 0.5) is 0 Å². The Morgan fingerprint density at radius 3 is 0.544 bits per heavy atom. The average Bonchev–Trinajstić information content (AvgIpc) is 3.43. The molecule has 0 bridgehead atoms. The highest BCUT2D eigenvalue weighted by Crippen LogP contribution is 2.41. The summed E-state index contributed by atoms with van der Waals surface area (Å²) in [6.45, 7) is 0. The fraction of sp³-hybridized carbons (Fsp3) is 0.0149. The molecule has 322 valence electrons. The van der Waals surface area contributed by atoms with E-state index in [2.05, 4.69) is 273 Å². The van der Waals surface area contributed by atoms with Crippen LogP contribution >= 0.6 is 0 Å². The van der Waals surface area contributed by atoms with E-state index >= 15 is 0 Å². The first-order chi connectivity index (χ1) is 33.6. The van der Waals surface area contributed by atoms with Gasteiger partial charge in [0.1, 0.15) is 5.75 Å². The van der Waals surface area contributed by atoms with Crippen LogP contribution < -0.4 is 4.74 Å². The summed E-state index contributed by atoms with van der Waals surface area (Å²) < 4.78 is 6.16. The van der Waals surface area contributed by atoms with E-state index in [1.807, 2.05) is 0 Å². The second-order valence-corrected chi connectivity index (χ2v) is 17.3. The van der Waals surface area contributed by atoms with Crippen molar-refractivity contribution in [3.05, 3.63) is 273 Å². The smallest absolute Gasteiger partial charge is 0.120 e. The fourth-order valence-corrected chi connectivity index (χ4v) is 9.34. The third-order valence-electron chi connectivity index (χ3n) is 12.9. The van der Waals surface area contributed by atoms with Crippen LogP contribution in [0.3, 0.4) is 0 Å². The molecule has 0 aliphatic heterocycles. The van der Waals surface area contributed by atoms with Gasteiger partial charge in [-0.25, -0.2) is 0 Å². The maximum atomic E-state index is 6.16. The summed E-state index contributed by atoms with van der Waals surface area (Å²) in [6, 6.07) is 98.7. The Bertz CT molecular complexity index is 3080. The summed E-state index contributed by atoms with van der Waals surface area (Å²) in [5.74, 6) is 0.797. The van der Waals surface area contributed by atoms with Crippen molar-refractivity contribution in [2.75, 3.05) is 7.11 Å². The number of hydrogen-bond donors (Lipinski definition) is 0. The zero-order valence-electron chi connectivity index (χ0n) is 37.9. The Hall–Kier alpha value is -8.78. The first-order valence-electron chi connectivity index (χ1n) is 23.2. The molecule has 11 aromatic carbocycles. The molecule has 0 spiro atoms. The maximum Gasteiger partial charge on any atom is 0.120 e. The van der Waals surface area contributed by atoms with Gasteiger partial charge in [-0.3, -0.25) is 0 Å². The van der Waals surface area contributed by atoms with E-state index in [1.54, 1.807) is 7.11 Å². The van der Waals surface area contributed by atoms with E-state index in [1.165, 1.54) is 44.5 Å². The standard InChI is InChI=1S/C67H48O/c1-68-67-45-65(63-40-59(55-30-14-26-51(34-55)47-18-6-2-7-19-47)38-60(41-63)56-31-15-27-52(35-56)48-20-8-3-9-21-48)44-66(46-67)64-42-61(57-32-16-28-53(36-57)49-22-10-4-11-23-49)39-62(43-64)58-33-17-29-54(37-58)50-24-12-5-13-25-50/h2-46H,1H3. The molecule has 0 radical (unpaired) electrons. The molecule has 0 fully saturated rings. The molecule has 0 saturated carbocycles. The molecule has 0 aliphatic rings. The quantitative estimate of drug-likeness (QED) is 0.126. The van der Waals surface area contributed by atoms with E-state index in [9.17, 15) is 0 Å². The molecule has 0 heterocycles. The van der Waals surface area contributed by atoms with Crippen LogP contribution in [0, 0.1) is 0 Å². The third-order valence-corrected chi connectivity index (χ3v) is 12.9. The Morgan fingerprint density at radius 2 is 0.324 bits per heavy atom. The minimum atomic E-state index is 0.797. The fourth-order valence-electron chi connectivity index (χ4n) is 9.34. The zero-order chi connectivity index (χ0) is 45.7. The summed E-state index contributed by atoms with van der Waals surface area (Å²) in [5.41, 5.74) is 23.1. The third kappa shape index (κ3) is 9.07. The first kappa shape index (κ1) is 41.9. The van der Waals surface area contributed by atoms with Gasteiger partial charge in [0, 0.05) is 0 Å². The molecule has 11 aromatic rings. The Morgan fingerprint density at radius 1 is 0.162 bits per heavy atom. The minimum Gasteiger partial charge on any atom is -0.497 e. The summed E-state index contributed by atoms with van der Waals surface area (Å²) in [6.07, 6.45) is 0. The van der Waals surface area contributed by atoms with Crippen molar-refractivity contribution >= 4 is 0 Å². The molecule has 0 saturated heterocycles. The average molecular weight is 869 g/mol. The lowest BCUT2D eigenvalue weighted by molar-refractivity contribution is 0.415. The van der Waals surface area contributed by atoms with Crippen molar-refractivity contribution in [3.8, 4) is 117 Å². The van der Waals surface area contributed by atoms with E-state index < -0.39 is 0 Å². The van der Waals surface area contributed by atoms with Crippen LogP contribution in [0.2, 0.25) is 0 Å². The predicted molar refractivity (Wildman–Crippen MR) is 287 cm³/mol. The van der Waals surface area contributed by atoms with Crippen molar-refractivity contribution in [1.82, 2.24) is 0 Å². The zero-order valence-corrected chi connectivity index (χ0v) is 37.9. The van der Waals surface area contributed by atoms with Crippen LogP contribution in [-0.4, -0.2) is 7.11 Å². The van der Waals surface area contributed by atoms with Crippen LogP contribution in [-0.2, 0) is 0 Å². The SMILES string of the molecule is COc1cc(-c2cc(-c3cccc(-c4ccccc4)c3)cc(-c3cccc(-c4ccccc4)c3)c2)cc(-c2cc(-c3cccc(-c4ccccc4)c3)cc(-c3cccc(-c4ccccc4)c3)c2)c1. The summed E-state index contributed by atoms with van der Waals surface area (Å²) in [5, 5.41) is 0. The van der Waals surface area contributed by atoms with Crippen LogP contribution in [0.1, 0.15) is 0 Å². The lowest BCUT2D eigenvalue weighted by atomic mass is 9.89. The molecule has 0 unspecified atom stereocenters. The van der Waals surface area contributed by atoms with Gasteiger partial charge in [0.05, 0.1) is 7.11 Å². The van der Waals surface area contributed by atoms with Crippen molar-refractivity contribution < 1.29 is 4.74 Å². The molecule has 0 amide bonds. The highest BCUT2D eigenvalue weighted by Gasteiger charge is 2.15. The van der Waals surface area contributed by atoms with Gasteiger partial charge >= 0.3 is 0 Å². The van der Waals surface area contributed by atoms with Crippen molar-refractivity contribution in [3.63, 3.8) is 0 Å². The highest BCUT2D eigenvalue weighted by molar-refractivity contribution is 5.89. The van der Waals surface area contributed by atoms with Crippen molar-refractivity contribution in [2.45, 2.75) is 0 Å². The predicted octanol–water partition coefficient (Wildman–Crippen LogP) is 18.4. The van der Waals surface area contributed by atoms with Gasteiger partial charge in [-0.2, -0.15) is 0 Å². The van der Waals surface area contributed by atoms with E-state index in [-0.39, 0.29) is 0 Å². The molecular formula is C67H48O. The first-order valence-corrected chi connectivity index (χ1v) is 23.2. The highest BCUT2D eigenvalue weighted by atomic mass is 16.5. The minimum absolute atomic E-state index is 0.797. The molecule has 0 N–H and O–H groups in total. The molecule has 1 heteroatoms. The second-order valence-electron chi connectivity index (χ2n) is 17.3. The summed E-state index contributed by atoms with van der Waals surface area (Å²) >= 11 is 0. The van der Waals surface area contributed by atoms with Crippen LogP contribution in [0.5, 0.6) is 5.75 Å². The molecule has 0 aliphatic carbocycles. The maximum absolute atomic E-state index is 6.16. The molecule has 68 heavy (non-hydrogen) atoms. The van der Waals surface area contributed by atoms with Gasteiger partial charge in [-0.1, -0.05) is 194 Å². The molecule has 1 nitrogen and oxygen atoms in total. The Balaban J connectivity index is 1.08. The Labute approximate surface area is 399 Å². The van der Waals surface area contributed by atoms with Crippen molar-refractivity contribution in [2.24, 2.45) is 0 Å². The number of rotatable bonds is 11. The van der Waals surface area contributed by atoms with E-state index in [0.717, 1.165) is 72.5 Å². The number of benzene rings is 11. The number of hydrogen-bond acceptors (Lipinski definition) is 1. The van der Waals surface area contributed by atoms with E-state index in [4.69, 9.17) is 4.74 Å². The lowest BCUT2D eigenvalue weighted by Crippen LogP contribution is -1.91. The Kier molecular flexibility index (Phi) is 11.7. The van der Waals surface area contributed by atoms with Gasteiger partial charge in [0.2, 0.25) is 0 Å². The van der Waals surface area contributed by atoms with Crippen LogP contribution in [0.25, 0.3) is 111 Å². The van der Waals surface area contributed by atoms with Crippen molar-refractivity contribution in [1.29, 1.82) is 0 Å². The van der Waals surface area contributed by atoms with Gasteiger partial charge < -0.3 is 4.74 Å². The number of methoxy groups -OCH3 is 1. The number of ether oxygens (including phenoxy) is 1. The second kappa shape index (κ2) is 19.0. The largest absolute Gasteiger partial charge is 0.497 e. The normalized spacial score (nSPS) is 11.0.